The molecule has 0 aliphatic carbocycles. The van der Waals surface area contributed by atoms with E-state index in [9.17, 15) is 22.8 Å². The lowest BCUT2D eigenvalue weighted by atomic mass is 10.1. The molecule has 19 heavy (non-hydrogen) atoms. The van der Waals surface area contributed by atoms with Gasteiger partial charge >= 0.3 is 12.1 Å². The van der Waals surface area contributed by atoms with Crippen LogP contribution in [0.15, 0.2) is 24.3 Å². The zero-order valence-electron chi connectivity index (χ0n) is 9.83. The predicted molar refractivity (Wildman–Crippen MR) is 64.8 cm³/mol. The minimum Gasteiger partial charge on any atom is -0.460 e. The molecule has 3 nitrogen and oxygen atoms in total. The summed E-state index contributed by atoms with van der Waals surface area (Å²) in [7, 11) is 0. The third-order valence-corrected chi connectivity index (χ3v) is 3.18. The third kappa shape index (κ3) is 4.05. The molecule has 1 aromatic carbocycles. The van der Waals surface area contributed by atoms with E-state index in [1.807, 2.05) is 0 Å². The fraction of sp³-hybridized carbons (Fsp3) is 0.333. The Balaban J connectivity index is 2.86. The van der Waals surface area contributed by atoms with Gasteiger partial charge in [-0.25, -0.2) is 4.79 Å². The number of ether oxygens (including phenoxy) is 1. The van der Waals surface area contributed by atoms with Crippen molar-refractivity contribution < 1.29 is 27.5 Å². The standard InChI is InChI=1S/C12H10BrF3O3/c1-2-19-11(18)10(17)9(13)7-3-5-8(6-4-7)12(14,15)16/h3-6,9H,2H2,1H3/t9-/m1/s1. The highest BCUT2D eigenvalue weighted by molar-refractivity contribution is 9.09. The first-order valence-electron chi connectivity index (χ1n) is 5.29. The third-order valence-electron chi connectivity index (χ3n) is 2.24. The molecule has 0 saturated carbocycles. The number of esters is 1. The van der Waals surface area contributed by atoms with Crippen LogP contribution < -0.4 is 0 Å². The second-order valence-electron chi connectivity index (χ2n) is 3.57. The Bertz CT molecular complexity index is 468. The first-order valence-corrected chi connectivity index (χ1v) is 6.21. The van der Waals surface area contributed by atoms with Crippen LogP contribution in [0.5, 0.6) is 0 Å². The molecule has 0 aliphatic rings. The van der Waals surface area contributed by atoms with E-state index >= 15 is 0 Å². The van der Waals surface area contributed by atoms with Crippen molar-refractivity contribution in [3.8, 4) is 0 Å². The summed E-state index contributed by atoms with van der Waals surface area (Å²) < 4.78 is 41.6. The summed E-state index contributed by atoms with van der Waals surface area (Å²) in [6.45, 7) is 1.60. The van der Waals surface area contributed by atoms with Gasteiger partial charge in [0.05, 0.1) is 12.2 Å². The highest BCUT2D eigenvalue weighted by Gasteiger charge is 2.31. The molecule has 1 rings (SSSR count). The molecular weight excluding hydrogens is 329 g/mol. The van der Waals surface area contributed by atoms with Crippen LogP contribution in [0.2, 0.25) is 0 Å². The maximum absolute atomic E-state index is 12.4. The van der Waals surface area contributed by atoms with E-state index in [1.54, 1.807) is 6.92 Å². The maximum Gasteiger partial charge on any atom is 0.416 e. The number of carbonyl (C=O) groups is 2. The molecule has 1 aromatic rings. The van der Waals surface area contributed by atoms with Crippen molar-refractivity contribution >= 4 is 27.7 Å². The van der Waals surface area contributed by atoms with Crippen LogP contribution >= 0.6 is 15.9 Å². The van der Waals surface area contributed by atoms with Gasteiger partial charge in [0.15, 0.2) is 0 Å². The predicted octanol–water partition coefficient (Wildman–Crippen LogP) is 3.27. The highest BCUT2D eigenvalue weighted by Crippen LogP contribution is 2.31. The van der Waals surface area contributed by atoms with Gasteiger partial charge in [0.2, 0.25) is 0 Å². The van der Waals surface area contributed by atoms with Gasteiger partial charge in [0, 0.05) is 0 Å². The van der Waals surface area contributed by atoms with Crippen molar-refractivity contribution in [2.75, 3.05) is 6.61 Å². The lowest BCUT2D eigenvalue weighted by Crippen LogP contribution is -2.21. The van der Waals surface area contributed by atoms with Crippen molar-refractivity contribution in [1.82, 2.24) is 0 Å². The van der Waals surface area contributed by atoms with Crippen LogP contribution in [0.25, 0.3) is 0 Å². The first-order chi connectivity index (χ1) is 8.77. The molecule has 0 spiro atoms. The largest absolute Gasteiger partial charge is 0.460 e. The van der Waals surface area contributed by atoms with Crippen LogP contribution in [-0.4, -0.2) is 18.4 Å². The fourth-order valence-electron chi connectivity index (χ4n) is 1.30. The summed E-state index contributed by atoms with van der Waals surface area (Å²) in [5, 5.41) is 0. The molecule has 0 N–H and O–H groups in total. The SMILES string of the molecule is CCOC(=O)C(=O)[C@H](Br)c1ccc(C(F)(F)F)cc1. The summed E-state index contributed by atoms with van der Waals surface area (Å²) in [5.41, 5.74) is -0.564. The molecule has 0 fully saturated rings. The molecule has 0 aliphatic heterocycles. The normalized spacial score (nSPS) is 12.9. The number of halogens is 4. The average Bonchev–Trinajstić information content (AvgIpc) is 2.36. The van der Waals surface area contributed by atoms with Crippen LogP contribution in [-0.2, 0) is 20.5 Å². The van der Waals surface area contributed by atoms with Crippen molar-refractivity contribution in [2.24, 2.45) is 0 Å². The van der Waals surface area contributed by atoms with Crippen LogP contribution in [0.1, 0.15) is 22.9 Å². The van der Waals surface area contributed by atoms with E-state index < -0.39 is 28.3 Å². The van der Waals surface area contributed by atoms with E-state index in [1.165, 1.54) is 0 Å². The second kappa shape index (κ2) is 6.18. The molecule has 104 valence electrons. The summed E-state index contributed by atoms with van der Waals surface area (Å²) >= 11 is 2.97. The number of ketones is 1. The molecule has 0 unspecified atom stereocenters. The Labute approximate surface area is 115 Å². The van der Waals surface area contributed by atoms with Crippen molar-refractivity contribution in [2.45, 2.75) is 17.9 Å². The molecular formula is C12H10BrF3O3. The van der Waals surface area contributed by atoms with Gasteiger partial charge in [-0.3, -0.25) is 4.79 Å². The van der Waals surface area contributed by atoms with Crippen molar-refractivity contribution in [3.63, 3.8) is 0 Å². The minimum absolute atomic E-state index is 0.0529. The maximum atomic E-state index is 12.4. The van der Waals surface area contributed by atoms with Gasteiger partial charge in [0.1, 0.15) is 4.83 Å². The van der Waals surface area contributed by atoms with Gasteiger partial charge in [-0.15, -0.1) is 0 Å². The smallest absolute Gasteiger partial charge is 0.416 e. The number of carbonyl (C=O) groups excluding carboxylic acids is 2. The number of benzene rings is 1. The Hall–Kier alpha value is -1.37. The Morgan fingerprint density at radius 1 is 1.26 bits per heavy atom. The summed E-state index contributed by atoms with van der Waals surface area (Å²) in [4.78, 5) is 21.8. The molecule has 0 radical (unpaired) electrons. The summed E-state index contributed by atoms with van der Waals surface area (Å²) in [6.07, 6.45) is -4.44. The number of hydrogen-bond donors (Lipinski definition) is 0. The van der Waals surface area contributed by atoms with E-state index in [-0.39, 0.29) is 12.2 Å². The lowest BCUT2D eigenvalue weighted by molar-refractivity contribution is -0.153. The average molecular weight is 339 g/mol. The molecule has 7 heteroatoms. The number of alkyl halides is 4. The monoisotopic (exact) mass is 338 g/mol. The van der Waals surface area contributed by atoms with Gasteiger partial charge in [-0.2, -0.15) is 13.2 Å². The molecule has 0 saturated heterocycles. The van der Waals surface area contributed by atoms with Crippen molar-refractivity contribution in [1.29, 1.82) is 0 Å². The van der Waals surface area contributed by atoms with Crippen LogP contribution in [0.3, 0.4) is 0 Å². The van der Waals surface area contributed by atoms with Crippen LogP contribution in [0, 0.1) is 0 Å². The minimum atomic E-state index is -4.44. The van der Waals surface area contributed by atoms with Gasteiger partial charge in [-0.05, 0) is 24.6 Å². The number of hydrogen-bond acceptors (Lipinski definition) is 3. The molecule has 0 heterocycles. The Morgan fingerprint density at radius 2 is 1.79 bits per heavy atom. The summed E-state index contributed by atoms with van der Waals surface area (Å²) in [5.74, 6) is -1.88. The van der Waals surface area contributed by atoms with Crippen LogP contribution in [0.4, 0.5) is 13.2 Å². The summed E-state index contributed by atoms with van der Waals surface area (Å²) in [6, 6.07) is 3.97. The highest BCUT2D eigenvalue weighted by atomic mass is 79.9. The van der Waals surface area contributed by atoms with E-state index in [4.69, 9.17) is 0 Å². The second-order valence-corrected chi connectivity index (χ2v) is 4.48. The lowest BCUT2D eigenvalue weighted by Gasteiger charge is -2.10. The quantitative estimate of drug-likeness (QED) is 0.480. The van der Waals surface area contributed by atoms with E-state index in [0.29, 0.717) is 0 Å². The molecule has 0 bridgehead atoms. The van der Waals surface area contributed by atoms with Crippen molar-refractivity contribution in [3.05, 3.63) is 35.4 Å². The topological polar surface area (TPSA) is 43.4 Å². The number of rotatable bonds is 4. The van der Waals surface area contributed by atoms with Gasteiger partial charge in [-0.1, -0.05) is 28.1 Å². The van der Waals surface area contributed by atoms with Gasteiger partial charge in [0.25, 0.3) is 5.78 Å². The van der Waals surface area contributed by atoms with Gasteiger partial charge < -0.3 is 4.74 Å². The molecule has 0 aromatic heterocycles. The Morgan fingerprint density at radius 3 is 2.21 bits per heavy atom. The fourth-order valence-corrected chi connectivity index (χ4v) is 1.79. The Kier molecular flexibility index (Phi) is 5.11. The van der Waals surface area contributed by atoms with E-state index in [0.717, 1.165) is 24.3 Å². The molecule has 0 amide bonds. The zero-order valence-corrected chi connectivity index (χ0v) is 11.4. The number of Topliss-reactive ketones (excluding diaryl/α,β-unsaturated/α-hetero) is 1. The first kappa shape index (κ1) is 15.7. The van der Waals surface area contributed by atoms with E-state index in [2.05, 4.69) is 20.7 Å². The molecule has 1 atom stereocenters. The zero-order chi connectivity index (χ0) is 14.6.